The maximum atomic E-state index is 13.1. The van der Waals surface area contributed by atoms with Crippen LogP contribution in [0.5, 0.6) is 5.75 Å². The smallest absolute Gasteiger partial charge is 0.347 e. The predicted octanol–water partition coefficient (Wildman–Crippen LogP) is 2.21. The predicted molar refractivity (Wildman–Crippen MR) is 114 cm³/mol. The van der Waals surface area contributed by atoms with Crippen molar-refractivity contribution in [2.75, 3.05) is 31.1 Å². The number of pyridine rings is 2. The number of fused-ring (bicyclic) bond motifs is 2. The summed E-state index contributed by atoms with van der Waals surface area (Å²) in [5.74, 6) is 2.78. The van der Waals surface area contributed by atoms with Gasteiger partial charge in [-0.1, -0.05) is 0 Å². The third-order valence-corrected chi connectivity index (χ3v) is 6.66. The number of nitrogens with one attached hydrogen (secondary N) is 1. The molecule has 1 saturated heterocycles. The van der Waals surface area contributed by atoms with Crippen LogP contribution in [0, 0.1) is 11.8 Å². The number of H-pyrrole nitrogens is 1. The molecular formula is C22H24N6O3. The molecule has 1 saturated carbocycles. The van der Waals surface area contributed by atoms with Gasteiger partial charge < -0.3 is 14.5 Å². The molecule has 160 valence electrons. The molecule has 0 radical (unpaired) electrons. The first kappa shape index (κ1) is 18.4. The fourth-order valence-corrected chi connectivity index (χ4v) is 4.86. The SMILES string of the molecule is O=C(c1cnc2c(c1)OCCN2c1ccn2c(=O)[nH]nc2c1)N1CCCC(C2CC2)C1. The number of aromatic nitrogens is 4. The van der Waals surface area contributed by atoms with Crippen molar-refractivity contribution in [1.29, 1.82) is 0 Å². The van der Waals surface area contributed by atoms with E-state index in [1.165, 1.54) is 23.7 Å². The van der Waals surface area contributed by atoms with E-state index >= 15 is 0 Å². The minimum atomic E-state index is -0.271. The van der Waals surface area contributed by atoms with Crippen molar-refractivity contribution in [3.05, 3.63) is 46.6 Å². The molecule has 3 aromatic rings. The van der Waals surface area contributed by atoms with Gasteiger partial charge in [0.15, 0.2) is 17.2 Å². The number of anilines is 2. The minimum absolute atomic E-state index is 0.0405. The highest BCUT2D eigenvalue weighted by molar-refractivity contribution is 5.95. The zero-order valence-electron chi connectivity index (χ0n) is 17.2. The molecule has 3 aliphatic rings. The lowest BCUT2D eigenvalue weighted by molar-refractivity contribution is 0.0659. The average Bonchev–Trinajstić information content (AvgIpc) is 3.61. The number of hydrogen-bond acceptors (Lipinski definition) is 6. The molecule has 9 heteroatoms. The minimum Gasteiger partial charge on any atom is -0.488 e. The summed E-state index contributed by atoms with van der Waals surface area (Å²) in [4.78, 5) is 33.5. The molecule has 1 unspecified atom stereocenters. The molecule has 0 spiro atoms. The Morgan fingerprint density at radius 2 is 2.06 bits per heavy atom. The Balaban J connectivity index is 1.27. The van der Waals surface area contributed by atoms with Gasteiger partial charge in [-0.3, -0.25) is 9.20 Å². The van der Waals surface area contributed by atoms with Gasteiger partial charge in [0.25, 0.3) is 5.91 Å². The van der Waals surface area contributed by atoms with E-state index in [9.17, 15) is 9.59 Å². The second-order valence-electron chi connectivity index (χ2n) is 8.68. The third kappa shape index (κ3) is 3.24. The molecule has 2 aliphatic heterocycles. The van der Waals surface area contributed by atoms with Crippen LogP contribution in [-0.2, 0) is 0 Å². The summed E-state index contributed by atoms with van der Waals surface area (Å²) in [6.45, 7) is 2.78. The molecule has 6 rings (SSSR count). The van der Waals surface area contributed by atoms with E-state index in [0.717, 1.165) is 31.1 Å². The molecule has 9 nitrogen and oxygen atoms in total. The standard InChI is InChI=1S/C22H24N6O3/c29-21(26-6-1-2-15(13-26)14-3-4-14)16-10-18-20(23-12-16)27(8-9-31-18)17-5-7-28-19(11-17)24-25-22(28)30/h5,7,10-12,14-15H,1-4,6,8-9,13H2,(H,25,30). The van der Waals surface area contributed by atoms with Gasteiger partial charge in [-0.2, -0.15) is 5.10 Å². The first-order valence-corrected chi connectivity index (χ1v) is 10.9. The van der Waals surface area contributed by atoms with Crippen molar-refractivity contribution in [3.63, 3.8) is 0 Å². The summed E-state index contributed by atoms with van der Waals surface area (Å²) in [5.41, 5.74) is 1.71. The van der Waals surface area contributed by atoms with Gasteiger partial charge in [0, 0.05) is 37.2 Å². The fraction of sp³-hybridized carbons (Fsp3) is 0.455. The van der Waals surface area contributed by atoms with Gasteiger partial charge >= 0.3 is 5.69 Å². The molecule has 31 heavy (non-hydrogen) atoms. The van der Waals surface area contributed by atoms with Crippen LogP contribution < -0.4 is 15.3 Å². The monoisotopic (exact) mass is 420 g/mol. The van der Waals surface area contributed by atoms with E-state index < -0.39 is 0 Å². The van der Waals surface area contributed by atoms with Gasteiger partial charge in [0.2, 0.25) is 0 Å². The van der Waals surface area contributed by atoms with Crippen LogP contribution in [0.1, 0.15) is 36.0 Å². The van der Waals surface area contributed by atoms with Crippen molar-refractivity contribution < 1.29 is 9.53 Å². The van der Waals surface area contributed by atoms with Crippen molar-refractivity contribution in [2.24, 2.45) is 11.8 Å². The summed E-state index contributed by atoms with van der Waals surface area (Å²) in [6.07, 6.45) is 8.29. The van der Waals surface area contributed by atoms with Gasteiger partial charge in [-0.25, -0.2) is 14.9 Å². The number of likely N-dealkylation sites (tertiary alicyclic amines) is 1. The van der Waals surface area contributed by atoms with Crippen LogP contribution in [0.2, 0.25) is 0 Å². The molecule has 0 aromatic carbocycles. The number of hydrogen-bond donors (Lipinski definition) is 1. The number of carbonyl (C=O) groups excluding carboxylic acids is 1. The van der Waals surface area contributed by atoms with E-state index in [-0.39, 0.29) is 11.6 Å². The van der Waals surface area contributed by atoms with Crippen LogP contribution in [-0.4, -0.2) is 56.6 Å². The molecular weight excluding hydrogens is 396 g/mol. The Bertz CT molecular complexity index is 1210. The Morgan fingerprint density at radius 1 is 1.16 bits per heavy atom. The number of ether oxygens (including phenoxy) is 1. The number of carbonyl (C=O) groups is 1. The van der Waals surface area contributed by atoms with Crippen LogP contribution in [0.25, 0.3) is 5.65 Å². The van der Waals surface area contributed by atoms with Crippen molar-refractivity contribution >= 4 is 23.1 Å². The van der Waals surface area contributed by atoms with Gasteiger partial charge in [0.05, 0.1) is 12.1 Å². The zero-order chi connectivity index (χ0) is 20.9. The van der Waals surface area contributed by atoms with E-state index in [2.05, 4.69) is 15.2 Å². The number of rotatable bonds is 3. The summed E-state index contributed by atoms with van der Waals surface area (Å²) in [7, 11) is 0. The second kappa shape index (κ2) is 7.11. The fourth-order valence-electron chi connectivity index (χ4n) is 4.86. The second-order valence-corrected chi connectivity index (χ2v) is 8.68. The van der Waals surface area contributed by atoms with Crippen LogP contribution in [0.3, 0.4) is 0 Å². The van der Waals surface area contributed by atoms with Gasteiger partial charge in [0.1, 0.15) is 6.61 Å². The normalized spacial score (nSPS) is 21.1. The molecule has 2 fully saturated rings. The molecule has 3 aromatic heterocycles. The lowest BCUT2D eigenvalue weighted by Gasteiger charge is -2.33. The third-order valence-electron chi connectivity index (χ3n) is 6.66. The Morgan fingerprint density at radius 3 is 2.94 bits per heavy atom. The molecule has 1 atom stereocenters. The van der Waals surface area contributed by atoms with Crippen molar-refractivity contribution in [2.45, 2.75) is 25.7 Å². The highest BCUT2D eigenvalue weighted by atomic mass is 16.5. The largest absolute Gasteiger partial charge is 0.488 e. The Hall–Kier alpha value is -3.36. The van der Waals surface area contributed by atoms with Crippen molar-refractivity contribution in [3.8, 4) is 5.75 Å². The van der Waals surface area contributed by atoms with E-state index in [4.69, 9.17) is 4.74 Å². The van der Waals surface area contributed by atoms with Gasteiger partial charge in [-0.15, -0.1) is 0 Å². The van der Waals surface area contributed by atoms with Crippen LogP contribution in [0.15, 0.2) is 35.4 Å². The lowest BCUT2D eigenvalue weighted by Crippen LogP contribution is -2.40. The first-order chi connectivity index (χ1) is 15.2. The van der Waals surface area contributed by atoms with Crippen LogP contribution in [0.4, 0.5) is 11.5 Å². The highest BCUT2D eigenvalue weighted by Crippen LogP contribution is 2.41. The number of nitrogens with zero attached hydrogens (tertiary/aromatic N) is 5. The van der Waals surface area contributed by atoms with E-state index in [1.54, 1.807) is 12.4 Å². The topological polar surface area (TPSA) is 95.8 Å². The molecule has 1 aliphatic carbocycles. The van der Waals surface area contributed by atoms with Crippen molar-refractivity contribution in [1.82, 2.24) is 24.5 Å². The summed E-state index contributed by atoms with van der Waals surface area (Å²) < 4.78 is 7.31. The lowest BCUT2D eigenvalue weighted by atomic mass is 9.93. The Kier molecular flexibility index (Phi) is 4.22. The quantitative estimate of drug-likeness (QED) is 0.698. The van der Waals surface area contributed by atoms with E-state index in [0.29, 0.717) is 41.8 Å². The summed E-state index contributed by atoms with van der Waals surface area (Å²) in [5, 5.41) is 6.49. The Labute approximate surface area is 178 Å². The molecule has 0 bridgehead atoms. The highest BCUT2D eigenvalue weighted by Gasteiger charge is 2.35. The van der Waals surface area contributed by atoms with E-state index in [1.807, 2.05) is 28.0 Å². The summed E-state index contributed by atoms with van der Waals surface area (Å²) in [6, 6.07) is 5.50. The maximum Gasteiger partial charge on any atom is 0.347 e. The van der Waals surface area contributed by atoms with Crippen LogP contribution >= 0.6 is 0 Å². The molecule has 1 N–H and O–H groups in total. The zero-order valence-corrected chi connectivity index (χ0v) is 17.2. The number of amides is 1. The number of aromatic amines is 1. The molecule has 1 amide bonds. The number of piperidine rings is 1. The average molecular weight is 420 g/mol. The summed E-state index contributed by atoms with van der Waals surface area (Å²) >= 11 is 0. The molecule has 5 heterocycles. The first-order valence-electron chi connectivity index (χ1n) is 10.9. The van der Waals surface area contributed by atoms with Gasteiger partial charge in [-0.05, 0) is 49.7 Å². The maximum absolute atomic E-state index is 13.1.